The second-order valence-electron chi connectivity index (χ2n) is 11.2. The summed E-state index contributed by atoms with van der Waals surface area (Å²) in [5.41, 5.74) is 0.469. The maximum atomic E-state index is 11.0. The second-order valence-corrected chi connectivity index (χ2v) is 17.4. The Morgan fingerprint density at radius 3 is 0.681 bits per heavy atom. The van der Waals surface area contributed by atoms with Crippen molar-refractivity contribution >= 4 is 32.6 Å². The lowest BCUT2D eigenvalue weighted by atomic mass is 9.80. The third kappa shape index (κ3) is 5.52. The minimum Gasteiger partial charge on any atom is -0.423 e. The second kappa shape index (κ2) is 13.5. The fourth-order valence-corrected chi connectivity index (χ4v) is 14.4. The summed E-state index contributed by atoms with van der Waals surface area (Å²) in [5, 5.41) is 22.0. The third-order valence-corrected chi connectivity index (χ3v) is 16.2. The molecule has 2 N–H and O–H groups in total. The minimum atomic E-state index is -2.11. The van der Waals surface area contributed by atoms with Gasteiger partial charge in [-0.1, -0.05) is 109 Å². The molecule has 0 aliphatic heterocycles. The van der Waals surface area contributed by atoms with Crippen molar-refractivity contribution in [1.82, 2.24) is 0 Å². The zero-order valence-corrected chi connectivity index (χ0v) is 27.5. The molecule has 0 aliphatic carbocycles. The lowest BCUT2D eigenvalue weighted by Gasteiger charge is -2.45. The van der Waals surface area contributed by atoms with Crippen LogP contribution in [0.5, 0.6) is 0 Å². The maximum absolute atomic E-state index is 11.0. The first kappa shape index (κ1) is 30.9. The van der Waals surface area contributed by atoms with Gasteiger partial charge < -0.3 is 10.0 Å². The Kier molecular flexibility index (Phi) is 8.88. The quantitative estimate of drug-likeness (QED) is 0.153. The Bertz CT molecular complexity index is 1700. The Hall–Kier alpha value is -4.78. The molecule has 2 nitrogen and oxygen atoms in total. The Labute approximate surface area is 280 Å². The molecule has 5 heteroatoms. The third-order valence-electron chi connectivity index (χ3n) is 8.49. The van der Waals surface area contributed by atoms with E-state index in [2.05, 4.69) is 188 Å². The number of rotatable bonds is 9. The summed E-state index contributed by atoms with van der Waals surface area (Å²) < 4.78 is 0. The van der Waals surface area contributed by atoms with Crippen LogP contribution in [0.2, 0.25) is 0 Å². The van der Waals surface area contributed by atoms with Crippen LogP contribution in [0, 0.1) is 0 Å². The summed E-state index contributed by atoms with van der Waals surface area (Å²) in [7, 11) is -5.87. The van der Waals surface area contributed by atoms with Gasteiger partial charge >= 0.3 is 7.12 Å². The zero-order valence-electron chi connectivity index (χ0n) is 25.8. The van der Waals surface area contributed by atoms with Crippen LogP contribution in [-0.4, -0.2) is 17.2 Å². The van der Waals surface area contributed by atoms with Gasteiger partial charge in [-0.15, -0.1) is 20.1 Å². The average Bonchev–Trinajstić information content (AvgIpc) is 3.15. The number of hydrogen-bond donors (Lipinski definition) is 2. The molecule has 0 radical (unpaired) electrons. The molecule has 0 bridgehead atoms. The van der Waals surface area contributed by atoms with Crippen LogP contribution in [0.3, 0.4) is 0 Å². The standard InChI is InChI=1S/C42H35BO2S2/c44-43(45)34-31-41(46(35-19-7-1-8-20-35,36-21-9-2-10-22-36)37-23-11-3-12-24-37)33-42(32-34)47(38-25-13-4-14-26-38,39-27-15-5-16-28-39)40-29-17-6-18-30-40/h1-33,44-45H. The molecule has 0 aliphatic rings. The summed E-state index contributed by atoms with van der Waals surface area (Å²) in [6, 6.07) is 70.4. The van der Waals surface area contributed by atoms with Crippen LogP contribution >= 0.6 is 20.1 Å². The normalized spacial score (nSPS) is 12.3. The van der Waals surface area contributed by atoms with Crippen LogP contribution in [0.1, 0.15) is 0 Å². The summed E-state index contributed by atoms with van der Waals surface area (Å²) in [4.78, 5) is 9.13. The van der Waals surface area contributed by atoms with E-state index in [0.29, 0.717) is 5.46 Å². The van der Waals surface area contributed by atoms with Crippen molar-refractivity contribution in [2.24, 2.45) is 0 Å². The van der Waals surface area contributed by atoms with Gasteiger partial charge in [-0.2, -0.15) is 0 Å². The summed E-state index contributed by atoms with van der Waals surface area (Å²) in [6.45, 7) is 0. The molecular formula is C42H35BO2S2. The molecule has 230 valence electrons. The van der Waals surface area contributed by atoms with Gasteiger partial charge in [0.2, 0.25) is 0 Å². The van der Waals surface area contributed by atoms with E-state index in [0.717, 1.165) is 9.79 Å². The van der Waals surface area contributed by atoms with Crippen LogP contribution in [0.4, 0.5) is 0 Å². The number of hydrogen-bond acceptors (Lipinski definition) is 2. The predicted molar refractivity (Wildman–Crippen MR) is 196 cm³/mol. The molecule has 7 aromatic carbocycles. The Morgan fingerprint density at radius 2 is 0.489 bits per heavy atom. The smallest absolute Gasteiger partial charge is 0.423 e. The van der Waals surface area contributed by atoms with Gasteiger partial charge in [0.05, 0.1) is 0 Å². The van der Waals surface area contributed by atoms with E-state index in [-0.39, 0.29) is 0 Å². The van der Waals surface area contributed by atoms with Gasteiger partial charge in [-0.05, 0) is 96.5 Å². The first-order valence-corrected chi connectivity index (χ1v) is 18.9. The zero-order chi connectivity index (χ0) is 32.1. The molecule has 0 fully saturated rings. The van der Waals surface area contributed by atoms with E-state index in [9.17, 15) is 10.0 Å². The molecule has 0 saturated carbocycles. The van der Waals surface area contributed by atoms with Crippen LogP contribution < -0.4 is 5.46 Å². The van der Waals surface area contributed by atoms with Gasteiger partial charge in [0, 0.05) is 39.2 Å². The van der Waals surface area contributed by atoms with Crippen molar-refractivity contribution in [2.45, 2.75) is 39.2 Å². The molecule has 0 spiro atoms. The Balaban J connectivity index is 1.67. The monoisotopic (exact) mass is 646 g/mol. The molecule has 0 heterocycles. The molecule has 0 saturated heterocycles. The molecule has 0 unspecified atom stereocenters. The van der Waals surface area contributed by atoms with Crippen molar-refractivity contribution in [3.63, 3.8) is 0 Å². The van der Waals surface area contributed by atoms with Crippen molar-refractivity contribution in [3.05, 3.63) is 200 Å². The molecule has 0 atom stereocenters. The van der Waals surface area contributed by atoms with Gasteiger partial charge in [0.1, 0.15) is 0 Å². The van der Waals surface area contributed by atoms with Crippen LogP contribution in [-0.2, 0) is 0 Å². The minimum absolute atomic E-state index is 0.469. The number of benzene rings is 7. The SMILES string of the molecule is OB(O)c1cc(S(c2ccccc2)(c2ccccc2)c2ccccc2)cc(S(c2ccccc2)(c2ccccc2)c2ccccc2)c1. The van der Waals surface area contributed by atoms with E-state index in [1.807, 2.05) is 12.1 Å². The molecule has 7 aromatic rings. The first-order valence-electron chi connectivity index (χ1n) is 15.6. The fraction of sp³-hybridized carbons (Fsp3) is 0. The predicted octanol–water partition coefficient (Wildman–Crippen LogP) is 10.0. The van der Waals surface area contributed by atoms with E-state index in [1.165, 1.54) is 29.4 Å². The molecule has 7 rings (SSSR count). The van der Waals surface area contributed by atoms with Crippen molar-refractivity contribution in [2.75, 3.05) is 0 Å². The molecule has 0 amide bonds. The van der Waals surface area contributed by atoms with Crippen LogP contribution in [0.25, 0.3) is 0 Å². The fourth-order valence-electron chi connectivity index (χ4n) is 6.48. The molecule has 0 aromatic heterocycles. The summed E-state index contributed by atoms with van der Waals surface area (Å²) in [5.74, 6) is 0. The summed E-state index contributed by atoms with van der Waals surface area (Å²) in [6.07, 6.45) is 0. The molecular weight excluding hydrogens is 611 g/mol. The van der Waals surface area contributed by atoms with Crippen molar-refractivity contribution in [3.8, 4) is 0 Å². The van der Waals surface area contributed by atoms with Crippen LogP contribution in [0.15, 0.2) is 239 Å². The molecule has 47 heavy (non-hydrogen) atoms. The van der Waals surface area contributed by atoms with Crippen molar-refractivity contribution in [1.29, 1.82) is 0 Å². The van der Waals surface area contributed by atoms with Gasteiger partial charge in [0.25, 0.3) is 0 Å². The van der Waals surface area contributed by atoms with E-state index < -0.39 is 27.2 Å². The highest BCUT2D eigenvalue weighted by atomic mass is 32.3. The topological polar surface area (TPSA) is 40.5 Å². The highest BCUT2D eigenvalue weighted by molar-refractivity contribution is 8.34. The largest absolute Gasteiger partial charge is 0.488 e. The average molecular weight is 647 g/mol. The highest BCUT2D eigenvalue weighted by Gasteiger charge is 2.38. The Morgan fingerprint density at radius 1 is 0.277 bits per heavy atom. The maximum Gasteiger partial charge on any atom is 0.488 e. The summed E-state index contributed by atoms with van der Waals surface area (Å²) >= 11 is 0. The van der Waals surface area contributed by atoms with Gasteiger partial charge in [-0.3, -0.25) is 0 Å². The van der Waals surface area contributed by atoms with Gasteiger partial charge in [0.15, 0.2) is 0 Å². The lowest BCUT2D eigenvalue weighted by molar-refractivity contribution is 0.425. The van der Waals surface area contributed by atoms with Crippen molar-refractivity contribution < 1.29 is 10.0 Å². The first-order chi connectivity index (χ1) is 23.1. The lowest BCUT2D eigenvalue weighted by Crippen LogP contribution is -2.31. The van der Waals surface area contributed by atoms with Gasteiger partial charge in [-0.25, -0.2) is 0 Å². The van der Waals surface area contributed by atoms with E-state index in [1.54, 1.807) is 0 Å². The van der Waals surface area contributed by atoms with E-state index >= 15 is 0 Å². The highest BCUT2D eigenvalue weighted by Crippen LogP contribution is 2.77. The van der Waals surface area contributed by atoms with E-state index in [4.69, 9.17) is 0 Å².